The molecule has 1 atom stereocenters. The summed E-state index contributed by atoms with van der Waals surface area (Å²) < 4.78 is 0. The summed E-state index contributed by atoms with van der Waals surface area (Å²) in [6, 6.07) is 0.775. The second-order valence-corrected chi connectivity index (χ2v) is 5.33. The molecule has 0 radical (unpaired) electrons. The van der Waals surface area contributed by atoms with Crippen molar-refractivity contribution in [2.75, 3.05) is 32.7 Å². The van der Waals surface area contributed by atoms with Gasteiger partial charge in [0.15, 0.2) is 0 Å². The highest BCUT2D eigenvalue weighted by molar-refractivity contribution is 6.29. The molecule has 0 aromatic heterocycles. The standard InChI is InChI=1S/C12H21ClN2/c1-11(13)9-14-6-4-5-12(10-14)15-7-2-3-8-15/h12H,1-10H2/t12-/m1/s1. The summed E-state index contributed by atoms with van der Waals surface area (Å²) >= 11 is 5.87. The first kappa shape index (κ1) is 11.4. The largest absolute Gasteiger partial charge is 0.299 e. The zero-order valence-corrected chi connectivity index (χ0v) is 10.2. The average Bonchev–Trinajstić information content (AvgIpc) is 2.69. The smallest absolute Gasteiger partial charge is 0.0336 e. The fourth-order valence-corrected chi connectivity index (χ4v) is 2.99. The highest BCUT2D eigenvalue weighted by atomic mass is 35.5. The van der Waals surface area contributed by atoms with Crippen LogP contribution in [0.25, 0.3) is 0 Å². The van der Waals surface area contributed by atoms with Crippen molar-refractivity contribution >= 4 is 11.6 Å². The minimum atomic E-state index is 0.775. The SMILES string of the molecule is C=C(Cl)CN1CCC[C@@H](N2CCCC2)C1. The van der Waals surface area contributed by atoms with Gasteiger partial charge in [0.25, 0.3) is 0 Å². The molecule has 0 aliphatic carbocycles. The lowest BCUT2D eigenvalue weighted by Crippen LogP contribution is -2.47. The van der Waals surface area contributed by atoms with Crippen LogP contribution in [0.1, 0.15) is 25.7 Å². The Bertz CT molecular complexity index is 224. The van der Waals surface area contributed by atoms with Crippen LogP contribution in [0.5, 0.6) is 0 Å². The second-order valence-electron chi connectivity index (χ2n) is 4.79. The molecule has 15 heavy (non-hydrogen) atoms. The fourth-order valence-electron chi connectivity index (χ4n) is 2.82. The molecule has 2 fully saturated rings. The van der Waals surface area contributed by atoms with Crippen LogP contribution in [0.4, 0.5) is 0 Å². The lowest BCUT2D eigenvalue weighted by molar-refractivity contribution is 0.123. The van der Waals surface area contributed by atoms with E-state index in [0.29, 0.717) is 0 Å². The Morgan fingerprint density at radius 2 is 1.93 bits per heavy atom. The predicted octanol–water partition coefficient (Wildman–Crippen LogP) is 2.30. The van der Waals surface area contributed by atoms with E-state index in [1.807, 2.05) is 0 Å². The van der Waals surface area contributed by atoms with Crippen LogP contribution < -0.4 is 0 Å². The van der Waals surface area contributed by atoms with Crippen molar-refractivity contribution in [1.29, 1.82) is 0 Å². The van der Waals surface area contributed by atoms with Crippen LogP contribution in [0.2, 0.25) is 0 Å². The topological polar surface area (TPSA) is 6.48 Å². The quantitative estimate of drug-likeness (QED) is 0.732. The summed E-state index contributed by atoms with van der Waals surface area (Å²) in [5.41, 5.74) is 0. The molecule has 2 rings (SSSR count). The first-order valence-electron chi connectivity index (χ1n) is 6.05. The van der Waals surface area contributed by atoms with Gasteiger partial charge in [0, 0.05) is 24.2 Å². The third-order valence-electron chi connectivity index (χ3n) is 3.53. The maximum Gasteiger partial charge on any atom is 0.0336 e. The Kier molecular flexibility index (Phi) is 4.06. The molecule has 2 aliphatic rings. The van der Waals surface area contributed by atoms with Crippen molar-refractivity contribution in [3.8, 4) is 0 Å². The molecule has 0 bridgehead atoms. The molecule has 3 heteroatoms. The van der Waals surface area contributed by atoms with Crippen LogP contribution in [-0.2, 0) is 0 Å². The third-order valence-corrected chi connectivity index (χ3v) is 3.65. The van der Waals surface area contributed by atoms with Gasteiger partial charge in [-0.25, -0.2) is 0 Å². The molecule has 2 nitrogen and oxygen atoms in total. The number of hydrogen-bond acceptors (Lipinski definition) is 2. The van der Waals surface area contributed by atoms with Crippen molar-refractivity contribution in [3.05, 3.63) is 11.6 Å². The van der Waals surface area contributed by atoms with Crippen molar-refractivity contribution in [2.24, 2.45) is 0 Å². The third kappa shape index (κ3) is 3.20. The maximum atomic E-state index is 5.87. The van der Waals surface area contributed by atoms with Crippen molar-refractivity contribution in [2.45, 2.75) is 31.7 Å². The van der Waals surface area contributed by atoms with Crippen molar-refractivity contribution in [1.82, 2.24) is 9.80 Å². The van der Waals surface area contributed by atoms with Gasteiger partial charge in [-0.2, -0.15) is 0 Å². The van der Waals surface area contributed by atoms with Crippen molar-refractivity contribution < 1.29 is 0 Å². The highest BCUT2D eigenvalue weighted by Crippen LogP contribution is 2.21. The molecule has 0 unspecified atom stereocenters. The maximum absolute atomic E-state index is 5.87. The van der Waals surface area contributed by atoms with Gasteiger partial charge in [0.05, 0.1) is 0 Å². The van der Waals surface area contributed by atoms with Crippen LogP contribution >= 0.6 is 11.6 Å². The Morgan fingerprint density at radius 3 is 2.60 bits per heavy atom. The molecule has 0 aromatic carbocycles. The summed E-state index contributed by atoms with van der Waals surface area (Å²) in [5, 5.41) is 0.775. The zero-order valence-electron chi connectivity index (χ0n) is 9.42. The van der Waals surface area contributed by atoms with Gasteiger partial charge in [0.1, 0.15) is 0 Å². The number of piperidine rings is 1. The van der Waals surface area contributed by atoms with Gasteiger partial charge < -0.3 is 0 Å². The molecule has 86 valence electrons. The Balaban J connectivity index is 1.83. The molecule has 0 N–H and O–H groups in total. The predicted molar refractivity (Wildman–Crippen MR) is 65.3 cm³/mol. The fraction of sp³-hybridized carbons (Fsp3) is 0.833. The minimum Gasteiger partial charge on any atom is -0.299 e. The van der Waals surface area contributed by atoms with E-state index in [4.69, 9.17) is 11.6 Å². The van der Waals surface area contributed by atoms with E-state index in [1.54, 1.807) is 0 Å². The second kappa shape index (κ2) is 5.33. The van der Waals surface area contributed by atoms with Crippen molar-refractivity contribution in [3.63, 3.8) is 0 Å². The molecule has 0 amide bonds. The van der Waals surface area contributed by atoms with Crippen LogP contribution in [0.3, 0.4) is 0 Å². The molecule has 0 saturated carbocycles. The molecule has 2 aliphatic heterocycles. The first-order chi connectivity index (χ1) is 7.25. The monoisotopic (exact) mass is 228 g/mol. The normalized spacial score (nSPS) is 29.5. The molecule has 0 spiro atoms. The van der Waals surface area contributed by atoms with Gasteiger partial charge in [-0.3, -0.25) is 9.80 Å². The summed E-state index contributed by atoms with van der Waals surface area (Å²) in [7, 11) is 0. The number of nitrogens with zero attached hydrogens (tertiary/aromatic N) is 2. The molecule has 2 saturated heterocycles. The Labute approximate surface area is 97.9 Å². The lowest BCUT2D eigenvalue weighted by Gasteiger charge is -2.37. The Hall–Kier alpha value is -0.0500. The van der Waals surface area contributed by atoms with Gasteiger partial charge in [-0.1, -0.05) is 18.2 Å². The van der Waals surface area contributed by atoms with E-state index in [2.05, 4.69) is 16.4 Å². The number of likely N-dealkylation sites (tertiary alicyclic amines) is 2. The molecular formula is C12H21ClN2. The highest BCUT2D eigenvalue weighted by Gasteiger charge is 2.26. The van der Waals surface area contributed by atoms with E-state index in [9.17, 15) is 0 Å². The van der Waals surface area contributed by atoms with E-state index in [-0.39, 0.29) is 0 Å². The number of rotatable bonds is 3. The minimum absolute atomic E-state index is 0.775. The number of halogens is 1. The van der Waals surface area contributed by atoms with E-state index in [0.717, 1.165) is 17.6 Å². The molecular weight excluding hydrogens is 208 g/mol. The van der Waals surface area contributed by atoms with Crippen LogP contribution in [-0.4, -0.2) is 48.6 Å². The van der Waals surface area contributed by atoms with Crippen LogP contribution in [0.15, 0.2) is 11.6 Å². The van der Waals surface area contributed by atoms with Crippen LogP contribution in [0, 0.1) is 0 Å². The average molecular weight is 229 g/mol. The zero-order chi connectivity index (χ0) is 10.7. The summed E-state index contributed by atoms with van der Waals surface area (Å²) in [5.74, 6) is 0. The van der Waals surface area contributed by atoms with Gasteiger partial charge in [-0.05, 0) is 45.3 Å². The summed E-state index contributed by atoms with van der Waals surface area (Å²) in [6.07, 6.45) is 5.45. The van der Waals surface area contributed by atoms with Gasteiger partial charge in [-0.15, -0.1) is 0 Å². The van der Waals surface area contributed by atoms with E-state index >= 15 is 0 Å². The first-order valence-corrected chi connectivity index (χ1v) is 6.43. The van der Waals surface area contributed by atoms with E-state index < -0.39 is 0 Å². The lowest BCUT2D eigenvalue weighted by atomic mass is 10.0. The number of hydrogen-bond donors (Lipinski definition) is 0. The Morgan fingerprint density at radius 1 is 1.20 bits per heavy atom. The molecule has 0 aromatic rings. The molecule has 2 heterocycles. The van der Waals surface area contributed by atoms with Gasteiger partial charge in [0.2, 0.25) is 0 Å². The summed E-state index contributed by atoms with van der Waals surface area (Å²) in [6.45, 7) is 9.64. The summed E-state index contributed by atoms with van der Waals surface area (Å²) in [4.78, 5) is 5.10. The van der Waals surface area contributed by atoms with Gasteiger partial charge >= 0.3 is 0 Å². The van der Waals surface area contributed by atoms with E-state index in [1.165, 1.54) is 51.9 Å².